The molecule has 0 aromatic heterocycles. The molecule has 27 heavy (non-hydrogen) atoms. The third kappa shape index (κ3) is 23.6. The molecule has 0 saturated carbocycles. The molecule has 0 atom stereocenters. The van der Waals surface area contributed by atoms with E-state index in [9.17, 15) is 4.79 Å². The summed E-state index contributed by atoms with van der Waals surface area (Å²) in [5, 5.41) is 0. The van der Waals surface area contributed by atoms with Gasteiger partial charge in [0.25, 0.3) is 0 Å². The lowest BCUT2D eigenvalue weighted by molar-refractivity contribution is -0.197. The van der Waals surface area contributed by atoms with Gasteiger partial charge in [0.2, 0.25) is 0 Å². The molecule has 0 aromatic rings. The van der Waals surface area contributed by atoms with Crippen LogP contribution in [-0.2, 0) is 14.3 Å². The molecule has 0 radical (unpaired) electrons. The maximum atomic E-state index is 10.6. The number of unbranched alkanes of at least 4 members (excludes halogenated alkanes) is 12. The summed E-state index contributed by atoms with van der Waals surface area (Å²) in [5.41, 5.74) is 0. The van der Waals surface area contributed by atoms with E-state index in [4.69, 9.17) is 9.47 Å². The number of hydrogen-bond acceptors (Lipinski definition) is 3. The molecule has 0 unspecified atom stereocenters. The van der Waals surface area contributed by atoms with Crippen LogP contribution in [0, 0.1) is 0 Å². The number of ether oxygens (including phenoxy) is 2. The molecule has 0 aliphatic rings. The van der Waals surface area contributed by atoms with Crippen LogP contribution in [0.25, 0.3) is 0 Å². The Kier molecular flexibility index (Phi) is 23.3. The summed E-state index contributed by atoms with van der Waals surface area (Å²) in [6, 6.07) is 0. The molecule has 0 saturated heterocycles. The Balaban J connectivity index is 0. The van der Waals surface area contributed by atoms with Gasteiger partial charge in [0.15, 0.2) is 5.79 Å². The zero-order valence-electron chi connectivity index (χ0n) is 19.5. The number of Topliss-reactive ketones (excluding diaryl/α,β-unsaturated/α-hetero) is 1. The fourth-order valence-corrected chi connectivity index (χ4v) is 3.02. The van der Waals surface area contributed by atoms with Crippen molar-refractivity contribution < 1.29 is 14.3 Å². The molecule has 0 aliphatic heterocycles. The SMILES string of the molecule is CCCCCCCCCC(C)(OC)OC.CCCCCCCCCC(C)=O. The van der Waals surface area contributed by atoms with E-state index >= 15 is 0 Å². The van der Waals surface area contributed by atoms with Crippen molar-refractivity contribution >= 4 is 5.78 Å². The largest absolute Gasteiger partial charge is 0.353 e. The summed E-state index contributed by atoms with van der Waals surface area (Å²) in [5.74, 6) is -0.0350. The van der Waals surface area contributed by atoms with Crippen LogP contribution in [0.1, 0.15) is 130 Å². The molecule has 0 aliphatic carbocycles. The minimum Gasteiger partial charge on any atom is -0.353 e. The van der Waals surface area contributed by atoms with E-state index in [2.05, 4.69) is 13.8 Å². The molecule has 0 rings (SSSR count). The van der Waals surface area contributed by atoms with Crippen molar-refractivity contribution in [3.05, 3.63) is 0 Å². The van der Waals surface area contributed by atoms with Crippen LogP contribution in [0.5, 0.6) is 0 Å². The van der Waals surface area contributed by atoms with E-state index in [-0.39, 0.29) is 5.79 Å². The van der Waals surface area contributed by atoms with Crippen LogP contribution < -0.4 is 0 Å². The van der Waals surface area contributed by atoms with Crippen LogP contribution in [0.2, 0.25) is 0 Å². The third-order valence-corrected chi connectivity index (χ3v) is 5.23. The summed E-state index contributed by atoms with van der Waals surface area (Å²) >= 11 is 0. The second-order valence-electron chi connectivity index (χ2n) is 7.99. The van der Waals surface area contributed by atoms with Crippen molar-refractivity contribution in [1.82, 2.24) is 0 Å². The van der Waals surface area contributed by atoms with Crippen LogP contribution in [-0.4, -0.2) is 25.8 Å². The van der Waals surface area contributed by atoms with Crippen molar-refractivity contribution in [3.63, 3.8) is 0 Å². The number of methoxy groups -OCH3 is 2. The molecule has 0 fully saturated rings. The van der Waals surface area contributed by atoms with Gasteiger partial charge in [-0.3, -0.25) is 0 Å². The van der Waals surface area contributed by atoms with Gasteiger partial charge in [-0.15, -0.1) is 0 Å². The lowest BCUT2D eigenvalue weighted by Gasteiger charge is -2.26. The summed E-state index contributed by atoms with van der Waals surface area (Å²) < 4.78 is 10.6. The Hall–Kier alpha value is -0.410. The molecular formula is C24H50O3. The highest BCUT2D eigenvalue weighted by Gasteiger charge is 2.21. The van der Waals surface area contributed by atoms with E-state index in [0.717, 1.165) is 19.3 Å². The molecule has 3 heteroatoms. The highest BCUT2D eigenvalue weighted by molar-refractivity contribution is 5.75. The van der Waals surface area contributed by atoms with Gasteiger partial charge < -0.3 is 14.3 Å². The van der Waals surface area contributed by atoms with E-state index in [1.807, 2.05) is 6.92 Å². The quantitative estimate of drug-likeness (QED) is 0.178. The zero-order chi connectivity index (χ0) is 20.8. The summed E-state index contributed by atoms with van der Waals surface area (Å²) in [4.78, 5) is 10.6. The van der Waals surface area contributed by atoms with Crippen LogP contribution in [0.4, 0.5) is 0 Å². The van der Waals surface area contributed by atoms with Crippen LogP contribution in [0.15, 0.2) is 0 Å². The minimum atomic E-state index is -0.372. The second-order valence-corrected chi connectivity index (χ2v) is 7.99. The molecule has 0 amide bonds. The first-order valence-electron chi connectivity index (χ1n) is 11.6. The predicted octanol–water partition coefficient (Wildman–Crippen LogP) is 7.85. The average Bonchev–Trinajstić information content (AvgIpc) is 2.66. The summed E-state index contributed by atoms with van der Waals surface area (Å²) in [7, 11) is 3.43. The van der Waals surface area contributed by atoms with Gasteiger partial charge in [-0.25, -0.2) is 0 Å². The highest BCUT2D eigenvalue weighted by Crippen LogP contribution is 2.19. The second kappa shape index (κ2) is 21.9. The maximum Gasteiger partial charge on any atom is 0.164 e. The van der Waals surface area contributed by atoms with Gasteiger partial charge >= 0.3 is 0 Å². The number of ketones is 1. The topological polar surface area (TPSA) is 35.5 Å². The number of hydrogen-bond donors (Lipinski definition) is 0. The van der Waals surface area contributed by atoms with E-state index in [1.54, 1.807) is 21.1 Å². The van der Waals surface area contributed by atoms with Crippen molar-refractivity contribution in [2.45, 2.75) is 136 Å². The zero-order valence-corrected chi connectivity index (χ0v) is 19.5. The van der Waals surface area contributed by atoms with Crippen molar-refractivity contribution in [2.24, 2.45) is 0 Å². The van der Waals surface area contributed by atoms with Gasteiger partial charge in [0.05, 0.1) is 0 Å². The number of carbonyl (C=O) groups is 1. The monoisotopic (exact) mass is 386 g/mol. The molecule has 0 spiro atoms. The van der Waals surface area contributed by atoms with Crippen molar-refractivity contribution in [1.29, 1.82) is 0 Å². The minimum absolute atomic E-state index is 0.337. The normalized spacial score (nSPS) is 11.2. The lowest BCUT2D eigenvalue weighted by Crippen LogP contribution is -2.29. The molecule has 0 N–H and O–H groups in total. The first-order valence-corrected chi connectivity index (χ1v) is 11.6. The first kappa shape index (κ1) is 28.8. The Morgan fingerprint density at radius 2 is 1.04 bits per heavy atom. The third-order valence-electron chi connectivity index (χ3n) is 5.23. The summed E-state index contributed by atoms with van der Waals surface area (Å²) in [6.07, 6.45) is 20.2. The Labute approximate surface area is 171 Å². The van der Waals surface area contributed by atoms with Crippen molar-refractivity contribution in [2.75, 3.05) is 14.2 Å². The van der Waals surface area contributed by atoms with E-state index < -0.39 is 0 Å². The Bertz CT molecular complexity index is 298. The van der Waals surface area contributed by atoms with Gasteiger partial charge in [0, 0.05) is 27.1 Å². The fraction of sp³-hybridized carbons (Fsp3) is 0.958. The van der Waals surface area contributed by atoms with Gasteiger partial charge in [0.1, 0.15) is 5.78 Å². The Morgan fingerprint density at radius 1 is 0.667 bits per heavy atom. The maximum absolute atomic E-state index is 10.6. The van der Waals surface area contributed by atoms with Crippen molar-refractivity contribution in [3.8, 4) is 0 Å². The predicted molar refractivity (Wildman–Crippen MR) is 118 cm³/mol. The smallest absolute Gasteiger partial charge is 0.164 e. The fourth-order valence-electron chi connectivity index (χ4n) is 3.02. The van der Waals surface area contributed by atoms with Crippen LogP contribution >= 0.6 is 0 Å². The molecule has 0 bridgehead atoms. The van der Waals surface area contributed by atoms with E-state index in [1.165, 1.54) is 83.5 Å². The first-order chi connectivity index (χ1) is 13.0. The van der Waals surface area contributed by atoms with E-state index in [0.29, 0.717) is 5.78 Å². The molecule has 0 heterocycles. The standard InChI is InChI=1S/C13H28O2.C11H22O/c1-5-6-7-8-9-10-11-12-13(2,14-3)15-4;1-3-4-5-6-7-8-9-10-11(2)12/h5-12H2,1-4H3;3-10H2,1-2H3. The molecule has 164 valence electrons. The Morgan fingerprint density at radius 3 is 1.41 bits per heavy atom. The summed E-state index contributed by atoms with van der Waals surface area (Å²) in [6.45, 7) is 8.17. The molecule has 0 aromatic carbocycles. The molecular weight excluding hydrogens is 336 g/mol. The number of rotatable bonds is 18. The molecule has 3 nitrogen and oxygen atoms in total. The average molecular weight is 387 g/mol. The van der Waals surface area contributed by atoms with Gasteiger partial charge in [-0.05, 0) is 26.7 Å². The van der Waals surface area contributed by atoms with Crippen LogP contribution in [0.3, 0.4) is 0 Å². The number of carbonyl (C=O) groups excluding carboxylic acids is 1. The van der Waals surface area contributed by atoms with Gasteiger partial charge in [-0.2, -0.15) is 0 Å². The van der Waals surface area contributed by atoms with Gasteiger partial charge in [-0.1, -0.05) is 90.9 Å². The highest BCUT2D eigenvalue weighted by atomic mass is 16.7. The lowest BCUT2D eigenvalue weighted by atomic mass is 10.1.